The van der Waals surface area contributed by atoms with Crippen molar-refractivity contribution in [3.8, 4) is 10.7 Å². The van der Waals surface area contributed by atoms with E-state index in [4.69, 9.17) is 0 Å². The normalized spacial score (nSPS) is 12.3. The molecule has 3 rings (SSSR count). The Hall–Kier alpha value is -2.40. The summed E-state index contributed by atoms with van der Waals surface area (Å²) in [7, 11) is -4.10. The number of thiazole rings is 1. The lowest BCUT2D eigenvalue weighted by Crippen LogP contribution is -2.25. The van der Waals surface area contributed by atoms with E-state index in [1.54, 1.807) is 11.4 Å². The molecule has 0 unspecified atom stereocenters. The highest BCUT2D eigenvalue weighted by molar-refractivity contribution is 7.92. The van der Waals surface area contributed by atoms with Gasteiger partial charge in [0.2, 0.25) is 0 Å². The second-order valence-electron chi connectivity index (χ2n) is 4.57. The van der Waals surface area contributed by atoms with Gasteiger partial charge in [-0.2, -0.15) is 31.2 Å². The zero-order valence-electron chi connectivity index (χ0n) is 11.7. The lowest BCUT2D eigenvalue weighted by atomic mass is 10.3. The van der Waals surface area contributed by atoms with E-state index in [2.05, 4.69) is 10.1 Å². The lowest BCUT2D eigenvalue weighted by Gasteiger charge is -2.10. The Kier molecular flexibility index (Phi) is 4.05. The van der Waals surface area contributed by atoms with E-state index in [0.29, 0.717) is 4.79 Å². The van der Waals surface area contributed by atoms with E-state index in [0.717, 1.165) is 17.4 Å². The van der Waals surface area contributed by atoms with Crippen LogP contribution in [0.25, 0.3) is 10.7 Å². The maximum absolute atomic E-state index is 12.9. The fraction of sp³-hybridized carbons (Fsp3) is 0.0769. The Labute approximate surface area is 138 Å². The maximum Gasteiger partial charge on any atom is 0.435 e. The van der Waals surface area contributed by atoms with Crippen LogP contribution in [-0.2, 0) is 16.2 Å². The molecule has 0 aliphatic rings. The predicted molar refractivity (Wildman–Crippen MR) is 81.3 cm³/mol. The molecule has 0 saturated heterocycles. The number of nitrogens with one attached hydrogen (secondary N) is 1. The van der Waals surface area contributed by atoms with E-state index in [1.807, 2.05) is 4.83 Å². The van der Waals surface area contributed by atoms with Crippen molar-refractivity contribution in [2.75, 3.05) is 4.83 Å². The van der Waals surface area contributed by atoms with Gasteiger partial charge in [0.15, 0.2) is 5.69 Å². The number of nitrogens with zero attached hydrogens (tertiary/aromatic N) is 3. The van der Waals surface area contributed by atoms with Gasteiger partial charge in [0.25, 0.3) is 10.0 Å². The molecule has 0 fully saturated rings. The molecule has 0 saturated carbocycles. The van der Waals surface area contributed by atoms with E-state index in [-0.39, 0.29) is 15.6 Å². The van der Waals surface area contributed by atoms with Crippen LogP contribution in [0.15, 0.2) is 52.9 Å². The first kappa shape index (κ1) is 16.5. The molecule has 1 N–H and O–H groups in total. The molecule has 1 aromatic carbocycles. The fourth-order valence-electron chi connectivity index (χ4n) is 1.86. The first-order chi connectivity index (χ1) is 11.3. The van der Waals surface area contributed by atoms with E-state index in [9.17, 15) is 21.6 Å². The number of aromatic nitrogens is 3. The Bertz CT molecular complexity index is 936. The summed E-state index contributed by atoms with van der Waals surface area (Å²) in [5.41, 5.74) is -1.32. The number of alkyl halides is 3. The van der Waals surface area contributed by atoms with Gasteiger partial charge in [0.05, 0.1) is 4.90 Å². The Morgan fingerprint density at radius 3 is 2.46 bits per heavy atom. The van der Waals surface area contributed by atoms with Crippen molar-refractivity contribution >= 4 is 21.4 Å². The molecule has 0 radical (unpaired) electrons. The van der Waals surface area contributed by atoms with Gasteiger partial charge in [-0.1, -0.05) is 18.2 Å². The minimum absolute atomic E-state index is 0.0980. The molecule has 0 aliphatic heterocycles. The Morgan fingerprint density at radius 1 is 1.17 bits per heavy atom. The third-order valence-corrected chi connectivity index (χ3v) is 5.01. The summed E-state index contributed by atoms with van der Waals surface area (Å²) >= 11 is 1.06. The Balaban J connectivity index is 2.06. The predicted octanol–water partition coefficient (Wildman–Crippen LogP) is 2.96. The summed E-state index contributed by atoms with van der Waals surface area (Å²) < 4.78 is 63.4. The van der Waals surface area contributed by atoms with Gasteiger partial charge in [-0.05, 0) is 12.1 Å². The van der Waals surface area contributed by atoms with Crippen molar-refractivity contribution in [3.63, 3.8) is 0 Å². The molecule has 0 amide bonds. The first-order valence-corrected chi connectivity index (χ1v) is 8.79. The van der Waals surface area contributed by atoms with Crippen LogP contribution in [0.4, 0.5) is 13.2 Å². The van der Waals surface area contributed by atoms with Crippen LogP contribution < -0.4 is 4.83 Å². The molecule has 24 heavy (non-hydrogen) atoms. The minimum Gasteiger partial charge on any atom is -0.243 e. The molecule has 0 bridgehead atoms. The second-order valence-corrected chi connectivity index (χ2v) is 7.12. The largest absolute Gasteiger partial charge is 0.435 e. The number of benzene rings is 1. The monoisotopic (exact) mass is 374 g/mol. The van der Waals surface area contributed by atoms with E-state index >= 15 is 0 Å². The van der Waals surface area contributed by atoms with Crippen LogP contribution in [0.3, 0.4) is 0 Å². The van der Waals surface area contributed by atoms with Crippen molar-refractivity contribution in [2.45, 2.75) is 11.1 Å². The summed E-state index contributed by atoms with van der Waals surface area (Å²) in [6, 6.07) is 8.00. The number of sulfonamides is 1. The first-order valence-electron chi connectivity index (χ1n) is 6.42. The molecule has 0 aliphatic carbocycles. The number of halogens is 3. The quantitative estimate of drug-likeness (QED) is 0.762. The van der Waals surface area contributed by atoms with E-state index < -0.39 is 21.9 Å². The molecule has 11 heteroatoms. The van der Waals surface area contributed by atoms with Gasteiger partial charge in [-0.25, -0.2) is 4.98 Å². The lowest BCUT2D eigenvalue weighted by molar-refractivity contribution is -0.141. The number of hydrogen-bond acceptors (Lipinski definition) is 5. The molecular formula is C13H9F3N4O2S2. The molecular weight excluding hydrogens is 365 g/mol. The summed E-state index contributed by atoms with van der Waals surface area (Å²) in [5.74, 6) is 0. The SMILES string of the molecule is O=S(=O)(Nn1nc(C(F)(F)F)cc1-c1nccs1)c1ccccc1. The zero-order valence-corrected chi connectivity index (χ0v) is 13.4. The molecule has 126 valence electrons. The van der Waals surface area contributed by atoms with Crippen LogP contribution >= 0.6 is 11.3 Å². The standard InChI is InChI=1S/C13H9F3N4O2S2/c14-13(15,16)11-8-10(12-17-6-7-23-12)20(18-11)19-24(21,22)9-4-2-1-3-5-9/h1-8,19H. The smallest absolute Gasteiger partial charge is 0.243 e. The molecule has 0 spiro atoms. The van der Waals surface area contributed by atoms with Crippen LogP contribution in [0.2, 0.25) is 0 Å². The summed E-state index contributed by atoms with van der Waals surface area (Å²) in [6.45, 7) is 0. The molecule has 2 heterocycles. The van der Waals surface area contributed by atoms with Crippen molar-refractivity contribution in [1.82, 2.24) is 14.9 Å². The maximum atomic E-state index is 12.9. The van der Waals surface area contributed by atoms with Crippen molar-refractivity contribution in [3.05, 3.63) is 53.7 Å². The highest BCUT2D eigenvalue weighted by atomic mass is 32.2. The Morgan fingerprint density at radius 2 is 1.88 bits per heavy atom. The van der Waals surface area contributed by atoms with Crippen molar-refractivity contribution < 1.29 is 21.6 Å². The van der Waals surface area contributed by atoms with Gasteiger partial charge in [0, 0.05) is 17.6 Å². The molecule has 6 nitrogen and oxygen atoms in total. The zero-order chi connectivity index (χ0) is 17.4. The molecule has 2 aromatic heterocycles. The average molecular weight is 374 g/mol. The second kappa shape index (κ2) is 5.91. The third-order valence-electron chi connectivity index (χ3n) is 2.91. The topological polar surface area (TPSA) is 76.9 Å². The average Bonchev–Trinajstić information content (AvgIpc) is 3.16. The fourth-order valence-corrected chi connectivity index (χ4v) is 3.48. The van der Waals surface area contributed by atoms with Gasteiger partial charge in [-0.15, -0.1) is 16.4 Å². The van der Waals surface area contributed by atoms with Crippen molar-refractivity contribution in [1.29, 1.82) is 0 Å². The summed E-state index contributed by atoms with van der Waals surface area (Å²) in [5, 5.41) is 5.08. The number of hydrogen-bond donors (Lipinski definition) is 1. The molecule has 3 aromatic rings. The summed E-state index contributed by atoms with van der Waals surface area (Å²) in [4.78, 5) is 6.40. The van der Waals surface area contributed by atoms with Gasteiger partial charge in [0.1, 0.15) is 10.7 Å². The van der Waals surface area contributed by atoms with Crippen LogP contribution in [-0.4, -0.2) is 23.3 Å². The van der Waals surface area contributed by atoms with Gasteiger partial charge >= 0.3 is 6.18 Å². The molecule has 0 atom stereocenters. The van der Waals surface area contributed by atoms with E-state index in [1.165, 1.54) is 30.5 Å². The van der Waals surface area contributed by atoms with Crippen LogP contribution in [0.1, 0.15) is 5.69 Å². The van der Waals surface area contributed by atoms with Crippen molar-refractivity contribution in [2.24, 2.45) is 0 Å². The highest BCUT2D eigenvalue weighted by Gasteiger charge is 2.36. The van der Waals surface area contributed by atoms with Gasteiger partial charge in [-0.3, -0.25) is 0 Å². The van der Waals surface area contributed by atoms with Gasteiger partial charge < -0.3 is 0 Å². The third kappa shape index (κ3) is 3.26. The van der Waals surface area contributed by atoms with Crippen LogP contribution in [0, 0.1) is 0 Å². The summed E-state index contributed by atoms with van der Waals surface area (Å²) in [6.07, 6.45) is -3.31. The number of rotatable bonds is 4. The minimum atomic E-state index is -4.71. The van der Waals surface area contributed by atoms with Crippen LogP contribution in [0.5, 0.6) is 0 Å². The highest BCUT2D eigenvalue weighted by Crippen LogP contribution is 2.32.